The van der Waals surface area contributed by atoms with Gasteiger partial charge in [-0.2, -0.15) is 0 Å². The normalized spacial score (nSPS) is 28.3. The minimum atomic E-state index is -1.12. The third kappa shape index (κ3) is 2.57. The van der Waals surface area contributed by atoms with E-state index in [0.717, 1.165) is 24.0 Å². The Labute approximate surface area is 108 Å². The number of carboxylic acids is 2. The first kappa shape index (κ1) is 14.7. The van der Waals surface area contributed by atoms with Gasteiger partial charge in [-0.1, -0.05) is 30.9 Å². The van der Waals surface area contributed by atoms with Gasteiger partial charge in [-0.15, -0.1) is 0 Å². The molecule has 0 aromatic rings. The molecule has 2 atom stereocenters. The van der Waals surface area contributed by atoms with E-state index >= 15 is 0 Å². The molecule has 0 radical (unpaired) electrons. The van der Waals surface area contributed by atoms with E-state index < -0.39 is 23.3 Å². The Morgan fingerprint density at radius 3 is 2.33 bits per heavy atom. The van der Waals surface area contributed by atoms with Crippen molar-refractivity contribution in [3.05, 3.63) is 11.1 Å². The van der Waals surface area contributed by atoms with Gasteiger partial charge in [0, 0.05) is 0 Å². The summed E-state index contributed by atoms with van der Waals surface area (Å²) in [6.07, 6.45) is 2.80. The van der Waals surface area contributed by atoms with E-state index in [0.29, 0.717) is 19.3 Å². The van der Waals surface area contributed by atoms with Crippen LogP contribution in [0.5, 0.6) is 0 Å². The van der Waals surface area contributed by atoms with Crippen molar-refractivity contribution in [1.29, 1.82) is 0 Å². The van der Waals surface area contributed by atoms with Crippen LogP contribution in [-0.4, -0.2) is 22.2 Å². The molecule has 0 saturated heterocycles. The Morgan fingerprint density at radius 1 is 1.28 bits per heavy atom. The zero-order valence-electron chi connectivity index (χ0n) is 11.3. The van der Waals surface area contributed by atoms with Gasteiger partial charge in [-0.3, -0.25) is 9.59 Å². The highest BCUT2D eigenvalue weighted by atomic mass is 16.4. The van der Waals surface area contributed by atoms with E-state index in [4.69, 9.17) is 0 Å². The van der Waals surface area contributed by atoms with Crippen molar-refractivity contribution in [2.24, 2.45) is 11.3 Å². The molecule has 0 aromatic carbocycles. The maximum absolute atomic E-state index is 11.7. The lowest BCUT2D eigenvalue weighted by Crippen LogP contribution is -2.45. The predicted molar refractivity (Wildman–Crippen MR) is 68.3 cm³/mol. The van der Waals surface area contributed by atoms with Crippen LogP contribution >= 0.6 is 0 Å². The molecule has 2 N–H and O–H groups in total. The Kier molecular flexibility index (Phi) is 4.54. The molecule has 4 heteroatoms. The first-order valence-corrected chi connectivity index (χ1v) is 6.46. The lowest BCUT2D eigenvalue weighted by molar-refractivity contribution is -0.164. The first-order valence-electron chi connectivity index (χ1n) is 6.46. The van der Waals surface area contributed by atoms with Crippen molar-refractivity contribution in [3.63, 3.8) is 0 Å². The average Bonchev–Trinajstić information content (AvgIpc) is 2.29. The molecule has 0 bridgehead atoms. The summed E-state index contributed by atoms with van der Waals surface area (Å²) in [4.78, 5) is 23.1. The van der Waals surface area contributed by atoms with Crippen molar-refractivity contribution in [1.82, 2.24) is 0 Å². The van der Waals surface area contributed by atoms with Crippen LogP contribution in [0.25, 0.3) is 0 Å². The molecule has 1 aliphatic carbocycles. The van der Waals surface area contributed by atoms with Crippen LogP contribution in [0, 0.1) is 11.3 Å². The van der Waals surface area contributed by atoms with Crippen molar-refractivity contribution in [2.45, 2.75) is 52.9 Å². The number of allylic oxidation sites excluding steroid dienone is 2. The number of hydrogen-bond acceptors (Lipinski definition) is 2. The Morgan fingerprint density at radius 2 is 1.89 bits per heavy atom. The zero-order chi connectivity index (χ0) is 13.9. The van der Waals surface area contributed by atoms with Gasteiger partial charge in [0.1, 0.15) is 0 Å². The van der Waals surface area contributed by atoms with Gasteiger partial charge in [0.15, 0.2) is 0 Å². The number of unbranched alkanes of at least 4 members (excludes halogenated alkanes) is 1. The molecule has 0 fully saturated rings. The van der Waals surface area contributed by atoms with Gasteiger partial charge < -0.3 is 10.2 Å². The van der Waals surface area contributed by atoms with Crippen molar-refractivity contribution < 1.29 is 19.8 Å². The summed E-state index contributed by atoms with van der Waals surface area (Å²) in [6, 6.07) is 0. The van der Waals surface area contributed by atoms with Gasteiger partial charge in [-0.25, -0.2) is 0 Å². The van der Waals surface area contributed by atoms with E-state index in [-0.39, 0.29) is 0 Å². The molecular weight excluding hydrogens is 232 g/mol. The number of hydrogen-bond donors (Lipinski definition) is 2. The van der Waals surface area contributed by atoms with Crippen molar-refractivity contribution in [3.8, 4) is 0 Å². The fourth-order valence-corrected chi connectivity index (χ4v) is 2.83. The van der Waals surface area contributed by atoms with E-state index in [1.165, 1.54) is 0 Å². The maximum atomic E-state index is 11.7. The summed E-state index contributed by atoms with van der Waals surface area (Å²) >= 11 is 0. The molecule has 0 aromatic heterocycles. The lowest BCUT2D eigenvalue weighted by Gasteiger charge is -2.39. The van der Waals surface area contributed by atoms with Gasteiger partial charge in [0.2, 0.25) is 0 Å². The van der Waals surface area contributed by atoms with E-state index in [2.05, 4.69) is 0 Å². The third-order valence-corrected chi connectivity index (χ3v) is 4.19. The molecule has 0 unspecified atom stereocenters. The van der Waals surface area contributed by atoms with Crippen LogP contribution in [0.4, 0.5) is 0 Å². The molecule has 18 heavy (non-hydrogen) atoms. The summed E-state index contributed by atoms with van der Waals surface area (Å²) in [5.41, 5.74) is 0.938. The van der Waals surface area contributed by atoms with Gasteiger partial charge in [0.05, 0.1) is 11.3 Å². The molecule has 0 spiro atoms. The van der Waals surface area contributed by atoms with E-state index in [1.807, 2.05) is 20.8 Å². The topological polar surface area (TPSA) is 74.6 Å². The number of rotatable bonds is 5. The summed E-state index contributed by atoms with van der Waals surface area (Å²) in [5.74, 6) is -2.75. The molecule has 0 heterocycles. The predicted octanol–water partition coefficient (Wildman–Crippen LogP) is 3.08. The average molecular weight is 254 g/mol. The van der Waals surface area contributed by atoms with Gasteiger partial charge in [-0.05, 0) is 33.1 Å². The van der Waals surface area contributed by atoms with Crippen LogP contribution in [0.1, 0.15) is 52.9 Å². The number of aliphatic carboxylic acids is 2. The highest BCUT2D eigenvalue weighted by Gasteiger charge is 2.51. The summed E-state index contributed by atoms with van der Waals surface area (Å²) in [5, 5.41) is 18.9. The number of carbonyl (C=O) groups is 2. The fourth-order valence-electron chi connectivity index (χ4n) is 2.83. The molecule has 102 valence electrons. The maximum Gasteiger partial charge on any atom is 0.310 e. The summed E-state index contributed by atoms with van der Waals surface area (Å²) < 4.78 is 0. The second-order valence-electron chi connectivity index (χ2n) is 5.40. The highest BCUT2D eigenvalue weighted by molar-refractivity contribution is 5.84. The summed E-state index contributed by atoms with van der Waals surface area (Å²) in [6.45, 7) is 5.80. The fraction of sp³-hybridized carbons (Fsp3) is 0.714. The van der Waals surface area contributed by atoms with Crippen LogP contribution in [-0.2, 0) is 9.59 Å². The SMILES string of the molecule is CCCC[C@]1(C(=O)O)CC(C)=C(C)C[C@H]1C(=O)O. The van der Waals surface area contributed by atoms with Gasteiger partial charge >= 0.3 is 11.9 Å². The second kappa shape index (κ2) is 5.55. The minimum Gasteiger partial charge on any atom is -0.481 e. The molecule has 0 amide bonds. The zero-order valence-corrected chi connectivity index (χ0v) is 11.3. The molecule has 4 nitrogen and oxygen atoms in total. The first-order chi connectivity index (χ1) is 8.35. The summed E-state index contributed by atoms with van der Waals surface area (Å²) in [7, 11) is 0. The largest absolute Gasteiger partial charge is 0.481 e. The third-order valence-electron chi connectivity index (χ3n) is 4.19. The molecule has 1 rings (SSSR count). The Hall–Kier alpha value is -1.32. The van der Waals surface area contributed by atoms with Crippen molar-refractivity contribution >= 4 is 11.9 Å². The minimum absolute atomic E-state index is 0.358. The molecular formula is C14H22O4. The second-order valence-corrected chi connectivity index (χ2v) is 5.40. The standard InChI is InChI=1S/C14H22O4/c1-4-5-6-14(13(17)18)8-10(3)9(2)7-11(14)12(15)16/h11H,4-8H2,1-3H3,(H,15,16)(H,17,18)/t11-,14-/m0/s1. The lowest BCUT2D eigenvalue weighted by atomic mass is 9.62. The van der Waals surface area contributed by atoms with Crippen LogP contribution in [0.3, 0.4) is 0 Å². The van der Waals surface area contributed by atoms with Crippen LogP contribution in [0.15, 0.2) is 11.1 Å². The Bertz CT molecular complexity index is 383. The van der Waals surface area contributed by atoms with E-state index in [9.17, 15) is 19.8 Å². The van der Waals surface area contributed by atoms with Gasteiger partial charge in [0.25, 0.3) is 0 Å². The van der Waals surface area contributed by atoms with E-state index in [1.54, 1.807) is 0 Å². The van der Waals surface area contributed by atoms with Crippen LogP contribution < -0.4 is 0 Å². The smallest absolute Gasteiger partial charge is 0.310 e. The monoisotopic (exact) mass is 254 g/mol. The number of carboxylic acid groups (broad SMARTS) is 2. The highest BCUT2D eigenvalue weighted by Crippen LogP contribution is 2.47. The molecule has 1 aliphatic rings. The molecule has 0 saturated carbocycles. The van der Waals surface area contributed by atoms with Crippen LogP contribution in [0.2, 0.25) is 0 Å². The quantitative estimate of drug-likeness (QED) is 0.739. The Balaban J connectivity index is 3.18. The molecule has 0 aliphatic heterocycles. The van der Waals surface area contributed by atoms with Crippen molar-refractivity contribution in [2.75, 3.05) is 0 Å².